The molecule has 8 heteroatoms. The molecule has 0 heterocycles. The number of ether oxygens (including phenoxy) is 4. The van der Waals surface area contributed by atoms with Crippen molar-refractivity contribution in [1.82, 2.24) is 0 Å². The average Bonchev–Trinajstić information content (AvgIpc) is 2.82. The van der Waals surface area contributed by atoms with Gasteiger partial charge in [-0.3, -0.25) is 4.31 Å². The molecule has 0 aromatic heterocycles. The Kier molecular flexibility index (Phi) is 6.91. The van der Waals surface area contributed by atoms with Gasteiger partial charge in [0, 0.05) is 6.07 Å². The molecule has 0 N–H and O–H groups in total. The van der Waals surface area contributed by atoms with E-state index in [2.05, 4.69) is 0 Å². The molecule has 0 aliphatic carbocycles. The van der Waals surface area contributed by atoms with Crippen LogP contribution in [0.2, 0.25) is 0 Å². The number of methoxy groups -OCH3 is 4. The topological polar surface area (TPSA) is 74.3 Å². The van der Waals surface area contributed by atoms with E-state index in [-0.39, 0.29) is 11.4 Å². The molecule has 0 fully saturated rings. The summed E-state index contributed by atoms with van der Waals surface area (Å²) in [5, 5.41) is 0. The molecule has 164 valence electrons. The van der Waals surface area contributed by atoms with Crippen LogP contribution in [0.25, 0.3) is 0 Å². The van der Waals surface area contributed by atoms with Crippen LogP contribution in [0.3, 0.4) is 0 Å². The van der Waals surface area contributed by atoms with Crippen molar-refractivity contribution in [2.75, 3.05) is 32.7 Å². The summed E-state index contributed by atoms with van der Waals surface area (Å²) in [4.78, 5) is 0.150. The number of hydrogen-bond acceptors (Lipinski definition) is 6. The maximum absolute atomic E-state index is 13.6. The van der Waals surface area contributed by atoms with Gasteiger partial charge in [-0.2, -0.15) is 0 Å². The molecule has 7 nitrogen and oxygen atoms in total. The Labute approximate surface area is 182 Å². The zero-order valence-electron chi connectivity index (χ0n) is 17.9. The molecule has 0 atom stereocenters. The lowest BCUT2D eigenvalue weighted by molar-refractivity contribution is 0.355. The summed E-state index contributed by atoms with van der Waals surface area (Å²) >= 11 is 0. The van der Waals surface area contributed by atoms with E-state index < -0.39 is 10.0 Å². The lowest BCUT2D eigenvalue weighted by Crippen LogP contribution is -2.30. The Hall–Kier alpha value is -3.39. The molecule has 0 unspecified atom stereocenters. The number of rotatable bonds is 9. The summed E-state index contributed by atoms with van der Waals surface area (Å²) in [5.41, 5.74) is 1.25. The van der Waals surface area contributed by atoms with E-state index in [9.17, 15) is 8.42 Å². The average molecular weight is 444 g/mol. The molecule has 0 amide bonds. The Morgan fingerprint density at radius 2 is 1.23 bits per heavy atom. The summed E-state index contributed by atoms with van der Waals surface area (Å²) < 4.78 is 49.6. The van der Waals surface area contributed by atoms with Gasteiger partial charge in [0.25, 0.3) is 10.0 Å². The first-order chi connectivity index (χ1) is 14.9. The largest absolute Gasteiger partial charge is 0.497 e. The molecule has 31 heavy (non-hydrogen) atoms. The van der Waals surface area contributed by atoms with E-state index >= 15 is 0 Å². The third-order valence-corrected chi connectivity index (χ3v) is 6.58. The lowest BCUT2D eigenvalue weighted by Gasteiger charge is -2.25. The minimum absolute atomic E-state index is 0.119. The first-order valence-electron chi connectivity index (χ1n) is 9.44. The SMILES string of the molecule is COc1ccc(CN(c2ccc(OC)c(OC)c2)S(=O)(=O)c2ccc(OC)cc2)cc1. The zero-order valence-corrected chi connectivity index (χ0v) is 18.7. The fourth-order valence-electron chi connectivity index (χ4n) is 3.07. The third kappa shape index (κ3) is 4.86. The second-order valence-corrected chi connectivity index (χ2v) is 8.44. The van der Waals surface area contributed by atoms with E-state index in [0.29, 0.717) is 28.7 Å². The molecular formula is C23H25NO6S. The summed E-state index contributed by atoms with van der Waals surface area (Å²) in [6.45, 7) is 0.119. The number of nitrogens with zero attached hydrogens (tertiary/aromatic N) is 1. The standard InChI is InChI=1S/C23H25NO6S/c1-27-19-8-5-17(6-9-19)16-24(18-7-14-22(29-3)23(15-18)30-4)31(25,26)21-12-10-20(28-2)11-13-21/h5-15H,16H2,1-4H3. The Bertz CT molecular complexity index is 1110. The van der Waals surface area contributed by atoms with Crippen LogP contribution in [0.15, 0.2) is 71.6 Å². The first kappa shape index (κ1) is 22.3. The molecule has 3 aromatic carbocycles. The summed E-state index contributed by atoms with van der Waals surface area (Å²) in [6.07, 6.45) is 0. The van der Waals surface area contributed by atoms with Crippen molar-refractivity contribution in [3.63, 3.8) is 0 Å². The predicted molar refractivity (Wildman–Crippen MR) is 119 cm³/mol. The minimum Gasteiger partial charge on any atom is -0.497 e. The van der Waals surface area contributed by atoms with Gasteiger partial charge in [-0.15, -0.1) is 0 Å². The van der Waals surface area contributed by atoms with Crippen LogP contribution in [0.4, 0.5) is 5.69 Å². The predicted octanol–water partition coefficient (Wildman–Crippen LogP) is 4.12. The number of hydrogen-bond donors (Lipinski definition) is 0. The van der Waals surface area contributed by atoms with Crippen molar-refractivity contribution in [2.24, 2.45) is 0 Å². The summed E-state index contributed by atoms with van der Waals surface area (Å²) in [5.74, 6) is 2.22. The molecule has 0 saturated heterocycles. The van der Waals surface area contributed by atoms with Crippen LogP contribution >= 0.6 is 0 Å². The molecule has 0 saturated carbocycles. The Morgan fingerprint density at radius 3 is 1.74 bits per heavy atom. The number of anilines is 1. The van der Waals surface area contributed by atoms with Gasteiger partial charge < -0.3 is 18.9 Å². The van der Waals surface area contributed by atoms with Crippen molar-refractivity contribution in [3.05, 3.63) is 72.3 Å². The van der Waals surface area contributed by atoms with E-state index in [1.807, 2.05) is 12.1 Å². The first-order valence-corrected chi connectivity index (χ1v) is 10.9. The quantitative estimate of drug-likeness (QED) is 0.495. The van der Waals surface area contributed by atoms with E-state index in [1.54, 1.807) is 49.6 Å². The monoisotopic (exact) mass is 443 g/mol. The van der Waals surface area contributed by atoms with Crippen LogP contribution in [0.1, 0.15) is 5.56 Å². The van der Waals surface area contributed by atoms with Crippen molar-refractivity contribution in [2.45, 2.75) is 11.4 Å². The molecule has 3 rings (SSSR count). The molecule has 0 aliphatic rings. The highest BCUT2D eigenvalue weighted by atomic mass is 32.2. The number of benzene rings is 3. The Balaban J connectivity index is 2.08. The molecule has 0 radical (unpaired) electrons. The van der Waals surface area contributed by atoms with Crippen molar-refractivity contribution < 1.29 is 27.4 Å². The van der Waals surface area contributed by atoms with Gasteiger partial charge in [-0.1, -0.05) is 12.1 Å². The second-order valence-electron chi connectivity index (χ2n) is 6.57. The molecule has 3 aromatic rings. The lowest BCUT2D eigenvalue weighted by atomic mass is 10.2. The number of sulfonamides is 1. The highest BCUT2D eigenvalue weighted by Gasteiger charge is 2.26. The highest BCUT2D eigenvalue weighted by Crippen LogP contribution is 2.35. The van der Waals surface area contributed by atoms with Gasteiger partial charge in [0.2, 0.25) is 0 Å². The van der Waals surface area contributed by atoms with Crippen molar-refractivity contribution in [3.8, 4) is 23.0 Å². The van der Waals surface area contributed by atoms with Crippen LogP contribution in [-0.4, -0.2) is 36.9 Å². The fraction of sp³-hybridized carbons (Fsp3) is 0.217. The zero-order chi connectivity index (χ0) is 22.4. The molecule has 0 bridgehead atoms. The fourth-order valence-corrected chi connectivity index (χ4v) is 4.51. The van der Waals surface area contributed by atoms with Gasteiger partial charge in [-0.05, 0) is 54.1 Å². The maximum Gasteiger partial charge on any atom is 0.264 e. The third-order valence-electron chi connectivity index (χ3n) is 4.79. The van der Waals surface area contributed by atoms with Gasteiger partial charge in [0.1, 0.15) is 11.5 Å². The maximum atomic E-state index is 13.6. The van der Waals surface area contributed by atoms with Crippen LogP contribution in [-0.2, 0) is 16.6 Å². The van der Waals surface area contributed by atoms with E-state index in [4.69, 9.17) is 18.9 Å². The van der Waals surface area contributed by atoms with Crippen LogP contribution < -0.4 is 23.3 Å². The molecular weight excluding hydrogens is 418 g/mol. The van der Waals surface area contributed by atoms with E-state index in [0.717, 1.165) is 5.56 Å². The van der Waals surface area contributed by atoms with Gasteiger partial charge >= 0.3 is 0 Å². The normalized spacial score (nSPS) is 11.0. The van der Waals surface area contributed by atoms with Crippen molar-refractivity contribution >= 4 is 15.7 Å². The smallest absolute Gasteiger partial charge is 0.264 e. The van der Waals surface area contributed by atoms with Gasteiger partial charge in [-0.25, -0.2) is 8.42 Å². The minimum atomic E-state index is -3.89. The highest BCUT2D eigenvalue weighted by molar-refractivity contribution is 7.92. The van der Waals surface area contributed by atoms with Crippen molar-refractivity contribution in [1.29, 1.82) is 0 Å². The van der Waals surface area contributed by atoms with Crippen LogP contribution in [0.5, 0.6) is 23.0 Å². The summed E-state index contributed by atoms with van der Waals surface area (Å²) in [7, 11) is 2.26. The van der Waals surface area contributed by atoms with Gasteiger partial charge in [0.05, 0.1) is 45.6 Å². The summed E-state index contributed by atoms with van der Waals surface area (Å²) in [6, 6.07) is 18.5. The second kappa shape index (κ2) is 9.61. The van der Waals surface area contributed by atoms with E-state index in [1.165, 1.54) is 37.8 Å². The molecule has 0 aliphatic heterocycles. The van der Waals surface area contributed by atoms with Crippen LogP contribution in [0, 0.1) is 0 Å². The Morgan fingerprint density at radius 1 is 0.677 bits per heavy atom. The molecule has 0 spiro atoms. The van der Waals surface area contributed by atoms with Gasteiger partial charge in [0.15, 0.2) is 11.5 Å².